The second kappa shape index (κ2) is 5.71. The molecule has 0 amide bonds. The number of hydrogen-bond acceptors (Lipinski definition) is 3. The minimum atomic E-state index is -4.04. The Morgan fingerprint density at radius 3 is 2.48 bits per heavy atom. The molecule has 0 unspecified atom stereocenters. The summed E-state index contributed by atoms with van der Waals surface area (Å²) in [7, 11) is -4.04. The quantitative estimate of drug-likeness (QED) is 0.654. The van der Waals surface area contributed by atoms with E-state index < -0.39 is 20.9 Å². The number of benzene rings is 2. The average Bonchev–Trinajstić information content (AvgIpc) is 2.39. The lowest BCUT2D eigenvalue weighted by Gasteiger charge is -2.12. The highest BCUT2D eigenvalue weighted by Crippen LogP contribution is 2.31. The van der Waals surface area contributed by atoms with Gasteiger partial charge in [-0.2, -0.15) is 0 Å². The van der Waals surface area contributed by atoms with Gasteiger partial charge in [0.15, 0.2) is 5.82 Å². The zero-order valence-electron chi connectivity index (χ0n) is 10.8. The maximum atomic E-state index is 13.6. The molecule has 0 radical (unpaired) electrons. The van der Waals surface area contributed by atoms with Gasteiger partial charge in [0.05, 0.1) is 15.7 Å². The van der Waals surface area contributed by atoms with E-state index in [-0.39, 0.29) is 9.92 Å². The first-order chi connectivity index (χ1) is 9.72. The smallest absolute Gasteiger partial charge is 0.263 e. The highest BCUT2D eigenvalue weighted by Gasteiger charge is 2.22. The third kappa shape index (κ3) is 3.23. The lowest BCUT2D eigenvalue weighted by Crippen LogP contribution is -2.15. The molecule has 0 heterocycles. The van der Waals surface area contributed by atoms with Crippen LogP contribution in [-0.4, -0.2) is 8.42 Å². The Balaban J connectivity index is 2.46. The molecule has 0 aliphatic rings. The molecule has 0 aliphatic carbocycles. The number of hydrogen-bond donors (Lipinski definition) is 2. The highest BCUT2D eigenvalue weighted by molar-refractivity contribution is 7.92. The lowest BCUT2D eigenvalue weighted by atomic mass is 10.2. The Bertz CT molecular complexity index is 810. The predicted molar refractivity (Wildman–Crippen MR) is 82.8 cm³/mol. The summed E-state index contributed by atoms with van der Waals surface area (Å²) in [5.41, 5.74) is 7.06. The minimum absolute atomic E-state index is 0.248. The van der Waals surface area contributed by atoms with Gasteiger partial charge in [-0.3, -0.25) is 4.72 Å². The zero-order valence-corrected chi connectivity index (χ0v) is 13.2. The van der Waals surface area contributed by atoms with E-state index in [1.807, 2.05) is 0 Å². The van der Waals surface area contributed by atoms with Crippen molar-refractivity contribution >= 4 is 44.6 Å². The second-order valence-corrected chi connectivity index (χ2v) is 6.79. The summed E-state index contributed by atoms with van der Waals surface area (Å²) in [6.45, 7) is 1.69. The van der Waals surface area contributed by atoms with Crippen LogP contribution in [0, 0.1) is 12.7 Å². The van der Waals surface area contributed by atoms with Crippen molar-refractivity contribution in [1.82, 2.24) is 0 Å². The largest absolute Gasteiger partial charge is 0.399 e. The van der Waals surface area contributed by atoms with Crippen LogP contribution >= 0.6 is 23.2 Å². The molecular formula is C13H11Cl2FN2O2S. The monoisotopic (exact) mass is 348 g/mol. The topological polar surface area (TPSA) is 72.2 Å². The van der Waals surface area contributed by atoms with Crippen LogP contribution in [0.4, 0.5) is 15.8 Å². The standard InChI is InChI=1S/C13H11Cl2FN2O2S/c1-7-6-8(17)2-4-10(7)18-21(19,20)11-5-3-9(14)13(16)12(11)15/h2-6,18H,17H2,1H3. The SMILES string of the molecule is Cc1cc(N)ccc1NS(=O)(=O)c1ccc(Cl)c(F)c1Cl. The molecule has 0 fully saturated rings. The number of nitrogens with one attached hydrogen (secondary N) is 1. The molecule has 0 bridgehead atoms. The second-order valence-electron chi connectivity index (χ2n) is 4.35. The third-order valence-corrected chi connectivity index (χ3v) is 4.97. The van der Waals surface area contributed by atoms with Crippen LogP contribution in [0.15, 0.2) is 35.2 Å². The summed E-state index contributed by atoms with van der Waals surface area (Å²) in [5, 5.41) is -0.800. The minimum Gasteiger partial charge on any atom is -0.399 e. The van der Waals surface area contributed by atoms with E-state index in [9.17, 15) is 12.8 Å². The molecule has 3 N–H and O–H groups in total. The highest BCUT2D eigenvalue weighted by atomic mass is 35.5. The van der Waals surface area contributed by atoms with Gasteiger partial charge >= 0.3 is 0 Å². The first-order valence-electron chi connectivity index (χ1n) is 5.75. The van der Waals surface area contributed by atoms with E-state index in [1.54, 1.807) is 19.1 Å². The maximum absolute atomic E-state index is 13.6. The molecule has 112 valence electrons. The Morgan fingerprint density at radius 1 is 1.19 bits per heavy atom. The Kier molecular flexibility index (Phi) is 4.32. The van der Waals surface area contributed by atoms with Gasteiger partial charge in [-0.1, -0.05) is 23.2 Å². The summed E-state index contributed by atoms with van der Waals surface area (Å²) in [5.74, 6) is -0.977. The van der Waals surface area contributed by atoms with Crippen molar-refractivity contribution in [3.8, 4) is 0 Å². The molecule has 2 aromatic carbocycles. The van der Waals surface area contributed by atoms with Crippen molar-refractivity contribution in [3.63, 3.8) is 0 Å². The number of halogens is 3. The van der Waals surface area contributed by atoms with Gasteiger partial charge in [0.2, 0.25) is 0 Å². The number of nitrogen functional groups attached to an aromatic ring is 1. The van der Waals surface area contributed by atoms with Gasteiger partial charge in [-0.25, -0.2) is 12.8 Å². The number of anilines is 2. The van der Waals surface area contributed by atoms with Crippen LogP contribution in [0.5, 0.6) is 0 Å². The van der Waals surface area contributed by atoms with E-state index >= 15 is 0 Å². The van der Waals surface area contributed by atoms with Crippen molar-refractivity contribution in [2.75, 3.05) is 10.5 Å². The molecular weight excluding hydrogens is 338 g/mol. The van der Waals surface area contributed by atoms with Gasteiger partial charge in [-0.15, -0.1) is 0 Å². The molecule has 0 aliphatic heterocycles. The maximum Gasteiger partial charge on any atom is 0.263 e. The van der Waals surface area contributed by atoms with Crippen LogP contribution in [0.25, 0.3) is 0 Å². The third-order valence-electron chi connectivity index (χ3n) is 2.78. The predicted octanol–water partition coefficient (Wildman–Crippen LogP) is 3.82. The van der Waals surface area contributed by atoms with Crippen molar-refractivity contribution in [3.05, 3.63) is 51.8 Å². The molecule has 0 aromatic heterocycles. The fourth-order valence-corrected chi connectivity index (χ4v) is 3.59. The molecule has 21 heavy (non-hydrogen) atoms. The van der Waals surface area contributed by atoms with Crippen LogP contribution in [0.1, 0.15) is 5.56 Å². The van der Waals surface area contributed by atoms with Gasteiger partial charge in [-0.05, 0) is 42.8 Å². The molecule has 0 saturated carbocycles. The van der Waals surface area contributed by atoms with E-state index in [0.717, 1.165) is 12.1 Å². The van der Waals surface area contributed by atoms with E-state index in [4.69, 9.17) is 28.9 Å². The summed E-state index contributed by atoms with van der Waals surface area (Å²) in [6.07, 6.45) is 0. The lowest BCUT2D eigenvalue weighted by molar-refractivity contribution is 0.595. The summed E-state index contributed by atoms with van der Waals surface area (Å²) >= 11 is 11.3. The normalized spacial score (nSPS) is 11.4. The van der Waals surface area contributed by atoms with E-state index in [0.29, 0.717) is 16.9 Å². The molecule has 8 heteroatoms. The van der Waals surface area contributed by atoms with Gasteiger partial charge in [0.25, 0.3) is 10.0 Å². The van der Waals surface area contributed by atoms with Crippen molar-refractivity contribution in [2.45, 2.75) is 11.8 Å². The van der Waals surface area contributed by atoms with E-state index in [2.05, 4.69) is 4.72 Å². The molecule has 2 rings (SSSR count). The van der Waals surface area contributed by atoms with Gasteiger partial charge in [0.1, 0.15) is 4.90 Å². The Morgan fingerprint density at radius 2 is 1.86 bits per heavy atom. The summed E-state index contributed by atoms with van der Waals surface area (Å²) < 4.78 is 40.5. The molecule has 2 aromatic rings. The number of sulfonamides is 1. The zero-order chi connectivity index (χ0) is 15.8. The number of rotatable bonds is 3. The van der Waals surface area contributed by atoms with Crippen molar-refractivity contribution in [2.24, 2.45) is 0 Å². The Hall–Kier alpha value is -1.50. The first kappa shape index (κ1) is 15.9. The van der Waals surface area contributed by atoms with Crippen LogP contribution in [0.3, 0.4) is 0 Å². The van der Waals surface area contributed by atoms with Crippen LogP contribution in [0.2, 0.25) is 10.0 Å². The average molecular weight is 349 g/mol. The Labute approximate surface area is 131 Å². The van der Waals surface area contributed by atoms with Gasteiger partial charge in [0, 0.05) is 5.69 Å². The number of nitrogens with two attached hydrogens (primary N) is 1. The fourth-order valence-electron chi connectivity index (χ4n) is 1.72. The summed E-state index contributed by atoms with van der Waals surface area (Å²) in [4.78, 5) is -0.387. The van der Waals surface area contributed by atoms with Crippen molar-refractivity contribution in [1.29, 1.82) is 0 Å². The number of aryl methyl sites for hydroxylation is 1. The molecule has 4 nitrogen and oxygen atoms in total. The molecule has 0 saturated heterocycles. The summed E-state index contributed by atoms with van der Waals surface area (Å²) in [6, 6.07) is 6.95. The fraction of sp³-hybridized carbons (Fsp3) is 0.0769. The van der Waals surface area contributed by atoms with Gasteiger partial charge < -0.3 is 5.73 Å². The molecule has 0 spiro atoms. The first-order valence-corrected chi connectivity index (χ1v) is 7.99. The van der Waals surface area contributed by atoms with Crippen LogP contribution < -0.4 is 10.5 Å². The van der Waals surface area contributed by atoms with E-state index in [1.165, 1.54) is 6.07 Å². The van der Waals surface area contributed by atoms with Crippen LogP contribution in [-0.2, 0) is 10.0 Å². The molecule has 0 atom stereocenters. The van der Waals surface area contributed by atoms with Crippen molar-refractivity contribution < 1.29 is 12.8 Å².